The van der Waals surface area contributed by atoms with Crippen LogP contribution in [0.5, 0.6) is 17.2 Å². The molecule has 1 heterocycles. The van der Waals surface area contributed by atoms with Crippen molar-refractivity contribution in [1.29, 1.82) is 0 Å². The van der Waals surface area contributed by atoms with Gasteiger partial charge in [-0.05, 0) is 24.3 Å². The first-order valence-electron chi connectivity index (χ1n) is 6.33. The van der Waals surface area contributed by atoms with E-state index < -0.39 is 0 Å². The van der Waals surface area contributed by atoms with Gasteiger partial charge in [0.05, 0.1) is 5.75 Å². The zero-order chi connectivity index (χ0) is 14.7. The van der Waals surface area contributed by atoms with Crippen LogP contribution in [0.2, 0.25) is 0 Å². The number of hydrogen-bond acceptors (Lipinski definition) is 5. The first-order valence-corrected chi connectivity index (χ1v) is 7.31. The molecule has 3 rings (SSSR count). The molecule has 0 saturated heterocycles. The highest BCUT2D eigenvalue weighted by atomic mass is 32.2. The first-order chi connectivity index (χ1) is 10.2. The molecule has 2 aromatic carbocycles. The number of phenols is 1. The highest BCUT2D eigenvalue weighted by Crippen LogP contribution is 2.34. The lowest BCUT2D eigenvalue weighted by Crippen LogP contribution is -2.13. The van der Waals surface area contributed by atoms with Crippen molar-refractivity contribution in [3.8, 4) is 17.2 Å². The van der Waals surface area contributed by atoms with E-state index in [1.165, 1.54) is 11.8 Å². The molecule has 0 spiro atoms. The van der Waals surface area contributed by atoms with Crippen LogP contribution in [-0.2, 0) is 4.79 Å². The fourth-order valence-electron chi connectivity index (χ4n) is 1.89. The van der Waals surface area contributed by atoms with E-state index in [4.69, 9.17) is 9.47 Å². The Morgan fingerprint density at radius 1 is 1.19 bits per heavy atom. The molecule has 2 N–H and O–H groups in total. The highest BCUT2D eigenvalue weighted by molar-refractivity contribution is 8.00. The van der Waals surface area contributed by atoms with Gasteiger partial charge in [0.1, 0.15) is 5.75 Å². The standard InChI is InChI=1S/C15H13NO4S/c17-11-3-1-2-4-14(11)21-8-15(18)16-10-5-6-12-13(7-10)20-9-19-12/h1-7,17H,8-9H2,(H,16,18). The minimum Gasteiger partial charge on any atom is -0.507 e. The van der Waals surface area contributed by atoms with Crippen molar-refractivity contribution in [2.45, 2.75) is 4.90 Å². The summed E-state index contributed by atoms with van der Waals surface area (Å²) in [5.74, 6) is 1.55. The molecule has 0 radical (unpaired) electrons. The largest absolute Gasteiger partial charge is 0.507 e. The molecular weight excluding hydrogens is 290 g/mol. The summed E-state index contributed by atoms with van der Waals surface area (Å²) < 4.78 is 10.5. The van der Waals surface area contributed by atoms with Gasteiger partial charge in [0, 0.05) is 16.6 Å². The molecule has 108 valence electrons. The number of rotatable bonds is 4. The molecule has 0 aliphatic carbocycles. The summed E-state index contributed by atoms with van der Waals surface area (Å²) in [5.41, 5.74) is 0.655. The lowest BCUT2D eigenvalue weighted by atomic mass is 10.3. The van der Waals surface area contributed by atoms with Crippen LogP contribution < -0.4 is 14.8 Å². The molecule has 0 bridgehead atoms. The first kappa shape index (κ1) is 13.6. The molecule has 1 amide bonds. The van der Waals surface area contributed by atoms with Gasteiger partial charge >= 0.3 is 0 Å². The molecule has 21 heavy (non-hydrogen) atoms. The second-order valence-electron chi connectivity index (χ2n) is 4.37. The maximum Gasteiger partial charge on any atom is 0.234 e. The summed E-state index contributed by atoms with van der Waals surface area (Å²) in [5, 5.41) is 12.4. The fraction of sp³-hybridized carbons (Fsp3) is 0.133. The number of fused-ring (bicyclic) bond motifs is 1. The number of aromatic hydroxyl groups is 1. The third-order valence-electron chi connectivity index (χ3n) is 2.88. The Morgan fingerprint density at radius 3 is 2.86 bits per heavy atom. The van der Waals surface area contributed by atoms with Crippen molar-refractivity contribution >= 4 is 23.4 Å². The van der Waals surface area contributed by atoms with Crippen molar-refractivity contribution in [3.05, 3.63) is 42.5 Å². The van der Waals surface area contributed by atoms with Crippen LogP contribution in [0.1, 0.15) is 0 Å². The quantitative estimate of drug-likeness (QED) is 0.850. The number of carbonyl (C=O) groups is 1. The van der Waals surface area contributed by atoms with Gasteiger partial charge < -0.3 is 19.9 Å². The Kier molecular flexibility index (Phi) is 3.87. The summed E-state index contributed by atoms with van der Waals surface area (Å²) in [7, 11) is 0. The average molecular weight is 303 g/mol. The topological polar surface area (TPSA) is 67.8 Å². The Labute approximate surface area is 125 Å². The van der Waals surface area contributed by atoms with Crippen LogP contribution >= 0.6 is 11.8 Å². The maximum absolute atomic E-state index is 11.9. The van der Waals surface area contributed by atoms with E-state index in [9.17, 15) is 9.90 Å². The molecule has 0 fully saturated rings. The molecule has 2 aromatic rings. The van der Waals surface area contributed by atoms with Crippen molar-refractivity contribution in [3.63, 3.8) is 0 Å². The number of amides is 1. The summed E-state index contributed by atoms with van der Waals surface area (Å²) in [4.78, 5) is 12.6. The summed E-state index contributed by atoms with van der Waals surface area (Å²) >= 11 is 1.28. The van der Waals surface area contributed by atoms with Crippen LogP contribution in [-0.4, -0.2) is 23.6 Å². The van der Waals surface area contributed by atoms with Gasteiger partial charge in [-0.3, -0.25) is 4.79 Å². The van der Waals surface area contributed by atoms with Crippen LogP contribution in [0.15, 0.2) is 47.4 Å². The van der Waals surface area contributed by atoms with Gasteiger partial charge in [-0.2, -0.15) is 0 Å². The molecule has 0 unspecified atom stereocenters. The second-order valence-corrected chi connectivity index (χ2v) is 5.39. The van der Waals surface area contributed by atoms with Crippen LogP contribution in [0.3, 0.4) is 0 Å². The van der Waals surface area contributed by atoms with E-state index in [0.29, 0.717) is 22.1 Å². The van der Waals surface area contributed by atoms with Gasteiger partial charge in [0.2, 0.25) is 12.7 Å². The number of phenolic OH excluding ortho intramolecular Hbond substituents is 1. The van der Waals surface area contributed by atoms with E-state index in [0.717, 1.165) is 0 Å². The fourth-order valence-corrected chi connectivity index (χ4v) is 2.64. The Bertz CT molecular complexity index is 674. The lowest BCUT2D eigenvalue weighted by Gasteiger charge is -2.07. The van der Waals surface area contributed by atoms with Crippen molar-refractivity contribution in [1.82, 2.24) is 0 Å². The number of carbonyl (C=O) groups excluding carboxylic acids is 1. The van der Waals surface area contributed by atoms with Crippen LogP contribution in [0, 0.1) is 0 Å². The molecule has 5 nitrogen and oxygen atoms in total. The van der Waals surface area contributed by atoms with E-state index in [-0.39, 0.29) is 24.2 Å². The Hall–Kier alpha value is -2.34. The number of anilines is 1. The van der Waals surface area contributed by atoms with Gasteiger partial charge in [0.15, 0.2) is 11.5 Å². The Balaban J connectivity index is 1.58. The summed E-state index contributed by atoms with van der Waals surface area (Å²) in [6.07, 6.45) is 0. The minimum absolute atomic E-state index is 0.151. The number of ether oxygens (including phenoxy) is 2. The molecule has 0 aromatic heterocycles. The monoisotopic (exact) mass is 303 g/mol. The number of para-hydroxylation sites is 1. The Morgan fingerprint density at radius 2 is 2.00 bits per heavy atom. The predicted octanol–water partition coefficient (Wildman–Crippen LogP) is 2.85. The predicted molar refractivity (Wildman–Crippen MR) is 80.0 cm³/mol. The normalized spacial score (nSPS) is 12.2. The summed E-state index contributed by atoms with van der Waals surface area (Å²) in [6, 6.07) is 12.2. The van der Waals surface area contributed by atoms with Crippen molar-refractivity contribution in [2.24, 2.45) is 0 Å². The van der Waals surface area contributed by atoms with Crippen LogP contribution in [0.25, 0.3) is 0 Å². The second kappa shape index (κ2) is 5.97. The lowest BCUT2D eigenvalue weighted by molar-refractivity contribution is -0.113. The third-order valence-corrected chi connectivity index (χ3v) is 3.94. The van der Waals surface area contributed by atoms with Gasteiger partial charge in [-0.15, -0.1) is 11.8 Å². The van der Waals surface area contributed by atoms with Crippen molar-refractivity contribution in [2.75, 3.05) is 17.9 Å². The van der Waals surface area contributed by atoms with E-state index in [1.807, 2.05) is 6.07 Å². The van der Waals surface area contributed by atoms with Crippen LogP contribution in [0.4, 0.5) is 5.69 Å². The highest BCUT2D eigenvalue weighted by Gasteiger charge is 2.14. The number of hydrogen-bond donors (Lipinski definition) is 2. The average Bonchev–Trinajstić information content (AvgIpc) is 2.94. The smallest absolute Gasteiger partial charge is 0.234 e. The van der Waals surface area contributed by atoms with Gasteiger partial charge in [-0.25, -0.2) is 0 Å². The number of nitrogens with one attached hydrogen (secondary N) is 1. The molecule has 1 aliphatic heterocycles. The molecule has 0 atom stereocenters. The summed E-state index contributed by atoms with van der Waals surface area (Å²) in [6.45, 7) is 0.204. The maximum atomic E-state index is 11.9. The van der Waals surface area contributed by atoms with Crippen molar-refractivity contribution < 1.29 is 19.4 Å². The molecular formula is C15H13NO4S. The van der Waals surface area contributed by atoms with E-state index >= 15 is 0 Å². The van der Waals surface area contributed by atoms with Gasteiger partial charge in [-0.1, -0.05) is 12.1 Å². The zero-order valence-corrected chi connectivity index (χ0v) is 11.9. The number of benzene rings is 2. The molecule has 0 saturated carbocycles. The van der Waals surface area contributed by atoms with E-state index in [1.54, 1.807) is 36.4 Å². The molecule has 1 aliphatic rings. The third kappa shape index (κ3) is 3.22. The number of thioether (sulfide) groups is 1. The minimum atomic E-state index is -0.151. The van der Waals surface area contributed by atoms with E-state index in [2.05, 4.69) is 5.32 Å². The SMILES string of the molecule is O=C(CSc1ccccc1O)Nc1ccc2c(c1)OCO2. The van der Waals surface area contributed by atoms with Gasteiger partial charge in [0.25, 0.3) is 0 Å². The molecule has 6 heteroatoms. The zero-order valence-electron chi connectivity index (χ0n) is 11.0.